The molecule has 2 fully saturated rings. The van der Waals surface area contributed by atoms with Crippen LogP contribution >= 0.6 is 0 Å². The average molecular weight is 536 g/mol. The van der Waals surface area contributed by atoms with Crippen LogP contribution in [-0.4, -0.2) is 81.9 Å². The molecule has 4 rings (SSSR count). The lowest BCUT2D eigenvalue weighted by atomic mass is 9.97. The Hall–Kier alpha value is -3.90. The molecule has 0 spiro atoms. The lowest BCUT2D eigenvalue weighted by molar-refractivity contribution is -0.166. The van der Waals surface area contributed by atoms with Gasteiger partial charge in [-0.25, -0.2) is 18.5 Å². The van der Waals surface area contributed by atoms with Gasteiger partial charge in [0.1, 0.15) is 11.6 Å². The fourth-order valence-corrected chi connectivity index (χ4v) is 4.60. The van der Waals surface area contributed by atoms with Gasteiger partial charge in [-0.15, -0.1) is 0 Å². The Bertz CT molecular complexity index is 1180. The molecule has 38 heavy (non-hydrogen) atoms. The first kappa shape index (κ1) is 27.1. The number of amides is 5. The summed E-state index contributed by atoms with van der Waals surface area (Å²) in [5.41, 5.74) is -1.42. The molecule has 13 heteroatoms. The zero-order valence-electron chi connectivity index (χ0n) is 21.1. The summed E-state index contributed by atoms with van der Waals surface area (Å²) in [6.45, 7) is 5.05. The number of piperidine rings is 2. The van der Waals surface area contributed by atoms with Crippen molar-refractivity contribution >= 4 is 35.7 Å². The van der Waals surface area contributed by atoms with Crippen molar-refractivity contribution in [2.45, 2.75) is 58.1 Å². The highest BCUT2D eigenvalue weighted by Gasteiger charge is 2.48. The molecule has 0 aliphatic carbocycles. The molecular formula is C25H27F2N3O8. The van der Waals surface area contributed by atoms with Crippen molar-refractivity contribution < 1.29 is 47.0 Å². The summed E-state index contributed by atoms with van der Waals surface area (Å²) < 4.78 is 37.8. The fourth-order valence-electron chi connectivity index (χ4n) is 4.60. The number of carbonyl (C=O) groups excluding carboxylic acids is 6. The van der Waals surface area contributed by atoms with Gasteiger partial charge < -0.3 is 14.4 Å². The van der Waals surface area contributed by atoms with E-state index in [4.69, 9.17) is 9.47 Å². The van der Waals surface area contributed by atoms with E-state index in [1.54, 1.807) is 20.8 Å². The Morgan fingerprint density at radius 3 is 2.03 bits per heavy atom. The predicted octanol–water partition coefficient (Wildman–Crippen LogP) is 2.23. The van der Waals surface area contributed by atoms with E-state index >= 15 is 0 Å². The molecule has 11 nitrogen and oxygen atoms in total. The van der Waals surface area contributed by atoms with Crippen molar-refractivity contribution in [2.24, 2.45) is 5.92 Å². The lowest BCUT2D eigenvalue weighted by Gasteiger charge is -2.35. The number of benzene rings is 1. The minimum atomic E-state index is -1.40. The van der Waals surface area contributed by atoms with E-state index in [2.05, 4.69) is 0 Å². The van der Waals surface area contributed by atoms with Gasteiger partial charge in [0, 0.05) is 19.5 Å². The molecule has 3 aliphatic heterocycles. The first-order valence-electron chi connectivity index (χ1n) is 12.1. The topological polar surface area (TPSA) is 131 Å². The maximum absolute atomic E-state index is 13.6. The highest BCUT2D eigenvalue weighted by molar-refractivity contribution is 6.23. The molecule has 0 aromatic heterocycles. The molecule has 3 heterocycles. The van der Waals surface area contributed by atoms with Gasteiger partial charge in [0.05, 0.1) is 17.0 Å². The number of hydrogen-bond donors (Lipinski definition) is 0. The molecule has 0 bridgehead atoms. The Morgan fingerprint density at radius 2 is 1.50 bits per heavy atom. The van der Waals surface area contributed by atoms with Gasteiger partial charge in [-0.3, -0.25) is 28.9 Å². The van der Waals surface area contributed by atoms with Crippen molar-refractivity contribution in [1.29, 1.82) is 0 Å². The van der Waals surface area contributed by atoms with Crippen LogP contribution in [0.1, 0.15) is 67.2 Å². The number of fused-ring (bicyclic) bond motifs is 1. The summed E-state index contributed by atoms with van der Waals surface area (Å²) in [7, 11) is 0. The van der Waals surface area contributed by atoms with Crippen molar-refractivity contribution in [3.63, 3.8) is 0 Å². The second-order valence-corrected chi connectivity index (χ2v) is 10.3. The Balaban J connectivity index is 1.36. The van der Waals surface area contributed by atoms with Crippen LogP contribution in [0.25, 0.3) is 0 Å². The van der Waals surface area contributed by atoms with Gasteiger partial charge in [-0.05, 0) is 52.2 Å². The molecule has 1 aromatic rings. The highest BCUT2D eigenvalue weighted by atomic mass is 19.2. The van der Waals surface area contributed by atoms with Gasteiger partial charge in [-0.1, -0.05) is 0 Å². The van der Waals surface area contributed by atoms with Crippen molar-refractivity contribution in [1.82, 2.24) is 14.7 Å². The molecule has 1 aromatic carbocycles. The fraction of sp³-hybridized carbons (Fsp3) is 0.520. The molecule has 0 saturated carbocycles. The van der Waals surface area contributed by atoms with E-state index in [1.165, 1.54) is 4.90 Å². The quantitative estimate of drug-likeness (QED) is 0.424. The maximum Gasteiger partial charge on any atom is 0.410 e. The summed E-state index contributed by atoms with van der Waals surface area (Å²) in [5.74, 6) is -7.43. The normalized spacial score (nSPS) is 20.7. The van der Waals surface area contributed by atoms with E-state index < -0.39 is 71.6 Å². The standard InChI is InChI=1S/C25H27F2N3O8/c1-25(2,3)38-24(36)28-8-6-13(7-9-28)23(35)37-12-29-19(31)5-4-18(22(29)34)30-20(32)14-10-16(26)17(27)11-15(14)21(30)33/h10-11,13,18H,4-9,12H2,1-3H3. The number of hydrogen-bond acceptors (Lipinski definition) is 8. The van der Waals surface area contributed by atoms with Crippen LogP contribution in [0, 0.1) is 17.6 Å². The molecule has 0 N–H and O–H groups in total. The van der Waals surface area contributed by atoms with Crippen LogP contribution < -0.4 is 0 Å². The number of esters is 1. The Kier molecular flexibility index (Phi) is 7.22. The highest BCUT2D eigenvalue weighted by Crippen LogP contribution is 2.31. The SMILES string of the molecule is CC(C)(C)OC(=O)N1CCC(C(=O)OCN2C(=O)CCC(N3C(=O)c4cc(F)c(F)cc4C3=O)C2=O)CC1. The lowest BCUT2D eigenvalue weighted by Crippen LogP contribution is -2.56. The number of rotatable bonds is 4. The molecule has 1 unspecified atom stereocenters. The summed E-state index contributed by atoms with van der Waals surface area (Å²) >= 11 is 0. The molecule has 5 amide bonds. The van der Waals surface area contributed by atoms with Crippen LogP contribution in [0.4, 0.5) is 13.6 Å². The van der Waals surface area contributed by atoms with Crippen molar-refractivity contribution in [3.8, 4) is 0 Å². The van der Waals surface area contributed by atoms with Crippen LogP contribution in [0.2, 0.25) is 0 Å². The van der Waals surface area contributed by atoms with Crippen molar-refractivity contribution in [3.05, 3.63) is 34.9 Å². The van der Waals surface area contributed by atoms with Crippen molar-refractivity contribution in [2.75, 3.05) is 19.8 Å². The smallest absolute Gasteiger partial charge is 0.410 e. The number of halogens is 2. The number of nitrogens with zero attached hydrogens (tertiary/aromatic N) is 3. The van der Waals surface area contributed by atoms with E-state index in [0.717, 1.165) is 0 Å². The largest absolute Gasteiger partial charge is 0.444 e. The number of imide groups is 2. The summed E-state index contributed by atoms with van der Waals surface area (Å²) in [6.07, 6.45) is -0.297. The second-order valence-electron chi connectivity index (χ2n) is 10.3. The molecule has 2 saturated heterocycles. The summed E-state index contributed by atoms with van der Waals surface area (Å²) in [5, 5.41) is 0. The molecule has 204 valence electrons. The maximum atomic E-state index is 13.6. The van der Waals surface area contributed by atoms with E-state index in [9.17, 15) is 37.5 Å². The van der Waals surface area contributed by atoms with Crippen LogP contribution in [0.15, 0.2) is 12.1 Å². The third-order valence-electron chi connectivity index (χ3n) is 6.57. The van der Waals surface area contributed by atoms with Gasteiger partial charge in [0.15, 0.2) is 18.4 Å². The molecular weight excluding hydrogens is 508 g/mol. The van der Waals surface area contributed by atoms with Gasteiger partial charge >= 0.3 is 12.1 Å². The second kappa shape index (κ2) is 10.1. The van der Waals surface area contributed by atoms with Crippen LogP contribution in [0.3, 0.4) is 0 Å². The van der Waals surface area contributed by atoms with E-state index in [0.29, 0.717) is 34.8 Å². The number of ether oxygens (including phenoxy) is 2. The van der Waals surface area contributed by atoms with Crippen LogP contribution in [-0.2, 0) is 23.9 Å². The average Bonchev–Trinajstić information content (AvgIpc) is 3.07. The minimum Gasteiger partial charge on any atom is -0.444 e. The third kappa shape index (κ3) is 5.22. The number of likely N-dealkylation sites (tertiary alicyclic amines) is 2. The Labute approximate surface area is 216 Å². The van der Waals surface area contributed by atoms with Gasteiger partial charge in [0.2, 0.25) is 5.91 Å². The molecule has 3 aliphatic rings. The zero-order valence-corrected chi connectivity index (χ0v) is 21.1. The zero-order chi connectivity index (χ0) is 27.9. The minimum absolute atomic E-state index is 0.179. The van der Waals surface area contributed by atoms with E-state index in [1.807, 2.05) is 0 Å². The third-order valence-corrected chi connectivity index (χ3v) is 6.57. The van der Waals surface area contributed by atoms with Crippen LogP contribution in [0.5, 0.6) is 0 Å². The number of carbonyl (C=O) groups is 6. The first-order chi connectivity index (χ1) is 17.8. The summed E-state index contributed by atoms with van der Waals surface area (Å²) in [6, 6.07) is -0.212. The predicted molar refractivity (Wildman–Crippen MR) is 123 cm³/mol. The van der Waals surface area contributed by atoms with Gasteiger partial charge in [0.25, 0.3) is 17.7 Å². The van der Waals surface area contributed by atoms with Gasteiger partial charge in [-0.2, -0.15) is 0 Å². The first-order valence-corrected chi connectivity index (χ1v) is 12.1. The monoisotopic (exact) mass is 535 g/mol. The molecule has 1 atom stereocenters. The van der Waals surface area contributed by atoms with E-state index in [-0.39, 0.29) is 37.1 Å². The molecule has 0 radical (unpaired) electrons. The Morgan fingerprint density at radius 1 is 0.947 bits per heavy atom. The summed E-state index contributed by atoms with van der Waals surface area (Å²) in [4.78, 5) is 78.6.